The van der Waals surface area contributed by atoms with Crippen molar-refractivity contribution in [2.24, 2.45) is 7.05 Å². The molecule has 2 heteroatoms. The predicted molar refractivity (Wildman–Crippen MR) is 89.6 cm³/mol. The first-order valence-electron chi connectivity index (χ1n) is 7.63. The summed E-state index contributed by atoms with van der Waals surface area (Å²) in [7, 11) is 2.12. The van der Waals surface area contributed by atoms with E-state index in [1.165, 1.54) is 33.6 Å². The van der Waals surface area contributed by atoms with Gasteiger partial charge in [-0.05, 0) is 49.1 Å². The molecule has 0 bridgehead atoms. The summed E-state index contributed by atoms with van der Waals surface area (Å²) in [5.41, 5.74) is 7.46. The third-order valence-electron chi connectivity index (χ3n) is 4.09. The average Bonchev–Trinajstić information content (AvgIpc) is 2.77. The van der Waals surface area contributed by atoms with Gasteiger partial charge in [-0.1, -0.05) is 36.8 Å². The first-order valence-corrected chi connectivity index (χ1v) is 7.63. The monoisotopic (exact) mass is 278 g/mol. The fourth-order valence-electron chi connectivity index (χ4n) is 2.94. The molecule has 0 aliphatic rings. The molecule has 3 rings (SSSR count). The minimum Gasteiger partial charge on any atom is -0.331 e. The number of benzene rings is 2. The SMILES string of the molecule is CCCc1nc2c(C)cc(-c3cccc(C)c3)cc2n1C. The lowest BCUT2D eigenvalue weighted by molar-refractivity contribution is 0.773. The fourth-order valence-corrected chi connectivity index (χ4v) is 2.94. The van der Waals surface area contributed by atoms with Crippen LogP contribution in [0.25, 0.3) is 22.2 Å². The van der Waals surface area contributed by atoms with Crippen LogP contribution in [0.3, 0.4) is 0 Å². The zero-order valence-electron chi connectivity index (χ0n) is 13.3. The summed E-state index contributed by atoms with van der Waals surface area (Å²) in [4.78, 5) is 4.82. The smallest absolute Gasteiger partial charge is 0.109 e. The topological polar surface area (TPSA) is 17.8 Å². The largest absolute Gasteiger partial charge is 0.331 e. The third kappa shape index (κ3) is 2.46. The molecule has 0 atom stereocenters. The van der Waals surface area contributed by atoms with Crippen LogP contribution >= 0.6 is 0 Å². The molecule has 0 aliphatic carbocycles. The van der Waals surface area contributed by atoms with E-state index in [1.807, 2.05) is 0 Å². The van der Waals surface area contributed by atoms with Gasteiger partial charge in [0.05, 0.1) is 11.0 Å². The molecule has 0 radical (unpaired) electrons. The molecule has 0 unspecified atom stereocenters. The Morgan fingerprint density at radius 2 is 1.86 bits per heavy atom. The van der Waals surface area contributed by atoms with Crippen LogP contribution in [0.4, 0.5) is 0 Å². The summed E-state index contributed by atoms with van der Waals surface area (Å²) >= 11 is 0. The maximum Gasteiger partial charge on any atom is 0.109 e. The van der Waals surface area contributed by atoms with E-state index in [0.29, 0.717) is 0 Å². The van der Waals surface area contributed by atoms with Crippen LogP contribution in [0.5, 0.6) is 0 Å². The number of hydrogen-bond donors (Lipinski definition) is 0. The quantitative estimate of drug-likeness (QED) is 0.672. The van der Waals surface area contributed by atoms with Gasteiger partial charge in [0, 0.05) is 13.5 Å². The Balaban J connectivity index is 2.20. The van der Waals surface area contributed by atoms with Crippen LogP contribution in [0.1, 0.15) is 30.3 Å². The van der Waals surface area contributed by atoms with Crippen LogP contribution in [-0.2, 0) is 13.5 Å². The van der Waals surface area contributed by atoms with Crippen LogP contribution in [0.15, 0.2) is 36.4 Å². The maximum absolute atomic E-state index is 4.82. The van der Waals surface area contributed by atoms with Crippen LogP contribution < -0.4 is 0 Å². The summed E-state index contributed by atoms with van der Waals surface area (Å²) in [6.07, 6.45) is 2.16. The van der Waals surface area contributed by atoms with Gasteiger partial charge < -0.3 is 4.57 Å². The number of aromatic nitrogens is 2. The molecular formula is C19H22N2. The van der Waals surface area contributed by atoms with Crippen molar-refractivity contribution >= 4 is 11.0 Å². The van der Waals surface area contributed by atoms with Crippen molar-refractivity contribution in [3.63, 3.8) is 0 Å². The summed E-state index contributed by atoms with van der Waals surface area (Å²) in [6, 6.07) is 13.2. The summed E-state index contributed by atoms with van der Waals surface area (Å²) in [5, 5.41) is 0. The number of aryl methyl sites for hydroxylation is 4. The van der Waals surface area contributed by atoms with Crippen molar-refractivity contribution in [3.8, 4) is 11.1 Å². The Labute approximate surface area is 126 Å². The van der Waals surface area contributed by atoms with Gasteiger partial charge in [-0.15, -0.1) is 0 Å². The lowest BCUT2D eigenvalue weighted by Crippen LogP contribution is -1.96. The molecule has 2 nitrogen and oxygen atoms in total. The van der Waals surface area contributed by atoms with Gasteiger partial charge in [-0.2, -0.15) is 0 Å². The molecule has 108 valence electrons. The van der Waals surface area contributed by atoms with E-state index in [-0.39, 0.29) is 0 Å². The minimum atomic E-state index is 1.03. The first kappa shape index (κ1) is 13.9. The van der Waals surface area contributed by atoms with Gasteiger partial charge in [-0.25, -0.2) is 4.98 Å². The van der Waals surface area contributed by atoms with Gasteiger partial charge in [0.1, 0.15) is 5.82 Å². The van der Waals surface area contributed by atoms with E-state index in [1.54, 1.807) is 0 Å². The zero-order chi connectivity index (χ0) is 15.0. The Morgan fingerprint density at radius 3 is 2.57 bits per heavy atom. The predicted octanol–water partition coefficient (Wildman–Crippen LogP) is 4.81. The highest BCUT2D eigenvalue weighted by molar-refractivity contribution is 5.85. The Hall–Kier alpha value is -2.09. The van der Waals surface area contributed by atoms with Crippen LogP contribution in [-0.4, -0.2) is 9.55 Å². The molecule has 0 aliphatic heterocycles. The van der Waals surface area contributed by atoms with E-state index in [0.717, 1.165) is 18.4 Å². The molecule has 0 N–H and O–H groups in total. The van der Waals surface area contributed by atoms with Gasteiger partial charge in [0.2, 0.25) is 0 Å². The molecule has 21 heavy (non-hydrogen) atoms. The van der Waals surface area contributed by atoms with Gasteiger partial charge in [-0.3, -0.25) is 0 Å². The summed E-state index contributed by atoms with van der Waals surface area (Å²) in [6.45, 7) is 6.49. The number of imidazole rings is 1. The number of hydrogen-bond acceptors (Lipinski definition) is 1. The maximum atomic E-state index is 4.82. The van der Waals surface area contributed by atoms with Gasteiger partial charge in [0.15, 0.2) is 0 Å². The molecule has 0 spiro atoms. The molecule has 0 amide bonds. The lowest BCUT2D eigenvalue weighted by Gasteiger charge is -2.06. The second-order valence-corrected chi connectivity index (χ2v) is 5.87. The molecule has 0 saturated carbocycles. The Kier molecular flexibility index (Phi) is 3.54. The fraction of sp³-hybridized carbons (Fsp3) is 0.316. The van der Waals surface area contributed by atoms with E-state index >= 15 is 0 Å². The van der Waals surface area contributed by atoms with E-state index in [4.69, 9.17) is 4.98 Å². The van der Waals surface area contributed by atoms with Crippen LogP contribution in [0, 0.1) is 13.8 Å². The molecule has 0 fully saturated rings. The molecular weight excluding hydrogens is 256 g/mol. The number of fused-ring (bicyclic) bond motifs is 1. The van der Waals surface area contributed by atoms with E-state index < -0.39 is 0 Å². The number of rotatable bonds is 3. The Bertz CT molecular complexity index is 797. The molecule has 1 heterocycles. The van der Waals surface area contributed by atoms with E-state index in [9.17, 15) is 0 Å². The van der Waals surface area contributed by atoms with Crippen molar-refractivity contribution in [3.05, 3.63) is 53.3 Å². The standard InChI is InChI=1S/C19H22N2/c1-5-7-18-20-19-14(3)11-16(12-17(19)21(18)4)15-9-6-8-13(2)10-15/h6,8-12H,5,7H2,1-4H3. The average molecular weight is 278 g/mol. The molecule has 0 saturated heterocycles. The van der Waals surface area contributed by atoms with E-state index in [2.05, 4.69) is 68.8 Å². The normalized spacial score (nSPS) is 11.2. The lowest BCUT2D eigenvalue weighted by atomic mass is 10.0. The van der Waals surface area contributed by atoms with Crippen molar-refractivity contribution in [1.82, 2.24) is 9.55 Å². The highest BCUT2D eigenvalue weighted by Crippen LogP contribution is 2.28. The first-order chi connectivity index (χ1) is 10.1. The van der Waals surface area contributed by atoms with Gasteiger partial charge >= 0.3 is 0 Å². The highest BCUT2D eigenvalue weighted by Gasteiger charge is 2.11. The molecule has 3 aromatic rings. The zero-order valence-corrected chi connectivity index (χ0v) is 13.3. The van der Waals surface area contributed by atoms with Crippen molar-refractivity contribution in [2.45, 2.75) is 33.6 Å². The van der Waals surface area contributed by atoms with Crippen molar-refractivity contribution < 1.29 is 0 Å². The van der Waals surface area contributed by atoms with Crippen molar-refractivity contribution in [1.29, 1.82) is 0 Å². The second-order valence-electron chi connectivity index (χ2n) is 5.87. The van der Waals surface area contributed by atoms with Crippen LogP contribution in [0.2, 0.25) is 0 Å². The second kappa shape index (κ2) is 5.36. The summed E-state index contributed by atoms with van der Waals surface area (Å²) in [5.74, 6) is 1.18. The highest BCUT2D eigenvalue weighted by atomic mass is 15.1. The third-order valence-corrected chi connectivity index (χ3v) is 4.09. The van der Waals surface area contributed by atoms with Crippen molar-refractivity contribution in [2.75, 3.05) is 0 Å². The Morgan fingerprint density at radius 1 is 1.05 bits per heavy atom. The molecule has 1 aromatic heterocycles. The minimum absolute atomic E-state index is 1.03. The van der Waals surface area contributed by atoms with Gasteiger partial charge in [0.25, 0.3) is 0 Å². The number of nitrogens with zero attached hydrogens (tertiary/aromatic N) is 2. The summed E-state index contributed by atoms with van der Waals surface area (Å²) < 4.78 is 2.24. The molecule has 2 aromatic carbocycles.